The standard InChI is InChI=1S/C12H18BrNO/c1-4-14(5-2)9-10-6-7-11(13)8-12(10)15-3/h6-8H,4-5,9H2,1-3H3. The van der Waals surface area contributed by atoms with Crippen molar-refractivity contribution in [2.75, 3.05) is 20.2 Å². The molecule has 0 aromatic heterocycles. The van der Waals surface area contributed by atoms with Crippen LogP contribution in [-0.2, 0) is 6.54 Å². The third-order valence-corrected chi connectivity index (χ3v) is 3.03. The Labute approximate surface area is 100 Å². The van der Waals surface area contributed by atoms with Gasteiger partial charge < -0.3 is 4.74 Å². The Morgan fingerprint density at radius 3 is 2.47 bits per heavy atom. The van der Waals surface area contributed by atoms with Gasteiger partial charge in [-0.3, -0.25) is 4.90 Å². The molecule has 0 saturated heterocycles. The van der Waals surface area contributed by atoms with Crippen molar-refractivity contribution >= 4 is 15.9 Å². The molecule has 1 rings (SSSR count). The van der Waals surface area contributed by atoms with Crippen LogP contribution in [0, 0.1) is 0 Å². The number of rotatable bonds is 5. The Balaban J connectivity index is 2.83. The minimum absolute atomic E-state index is 0.948. The Morgan fingerprint density at radius 1 is 1.27 bits per heavy atom. The maximum atomic E-state index is 5.36. The summed E-state index contributed by atoms with van der Waals surface area (Å²) >= 11 is 3.44. The summed E-state index contributed by atoms with van der Waals surface area (Å²) in [6, 6.07) is 6.18. The fourth-order valence-electron chi connectivity index (χ4n) is 1.54. The van der Waals surface area contributed by atoms with Gasteiger partial charge in [-0.1, -0.05) is 35.8 Å². The third kappa shape index (κ3) is 3.50. The molecule has 0 aliphatic heterocycles. The van der Waals surface area contributed by atoms with Crippen LogP contribution in [0.15, 0.2) is 22.7 Å². The van der Waals surface area contributed by atoms with Crippen molar-refractivity contribution in [2.24, 2.45) is 0 Å². The highest BCUT2D eigenvalue weighted by Crippen LogP contribution is 2.24. The monoisotopic (exact) mass is 271 g/mol. The van der Waals surface area contributed by atoms with Crippen molar-refractivity contribution in [1.29, 1.82) is 0 Å². The molecule has 84 valence electrons. The van der Waals surface area contributed by atoms with E-state index in [9.17, 15) is 0 Å². The highest BCUT2D eigenvalue weighted by Gasteiger charge is 2.07. The average Bonchev–Trinajstić information content (AvgIpc) is 2.27. The number of hydrogen-bond donors (Lipinski definition) is 0. The Kier molecular flexibility index (Phi) is 5.12. The molecule has 0 spiro atoms. The summed E-state index contributed by atoms with van der Waals surface area (Å²) in [5.41, 5.74) is 1.24. The molecule has 2 nitrogen and oxygen atoms in total. The number of hydrogen-bond acceptors (Lipinski definition) is 2. The Bertz CT molecular complexity index is 310. The van der Waals surface area contributed by atoms with Crippen molar-refractivity contribution in [3.63, 3.8) is 0 Å². The zero-order valence-corrected chi connectivity index (χ0v) is 11.2. The lowest BCUT2D eigenvalue weighted by atomic mass is 10.2. The summed E-state index contributed by atoms with van der Waals surface area (Å²) < 4.78 is 6.42. The van der Waals surface area contributed by atoms with Gasteiger partial charge in [-0.05, 0) is 25.2 Å². The van der Waals surface area contributed by atoms with E-state index in [1.54, 1.807) is 7.11 Å². The molecule has 0 heterocycles. The van der Waals surface area contributed by atoms with E-state index in [1.165, 1.54) is 5.56 Å². The van der Waals surface area contributed by atoms with Crippen LogP contribution in [0.25, 0.3) is 0 Å². The molecule has 0 aliphatic carbocycles. The van der Waals surface area contributed by atoms with E-state index in [2.05, 4.69) is 46.8 Å². The summed E-state index contributed by atoms with van der Waals surface area (Å²) in [5, 5.41) is 0. The van der Waals surface area contributed by atoms with Gasteiger partial charge in [-0.2, -0.15) is 0 Å². The predicted octanol–water partition coefficient (Wildman–Crippen LogP) is 3.30. The van der Waals surface area contributed by atoms with E-state index in [1.807, 2.05) is 6.07 Å². The van der Waals surface area contributed by atoms with Gasteiger partial charge in [0.25, 0.3) is 0 Å². The van der Waals surface area contributed by atoms with Crippen molar-refractivity contribution in [2.45, 2.75) is 20.4 Å². The second-order valence-corrected chi connectivity index (χ2v) is 4.33. The first-order valence-corrected chi connectivity index (χ1v) is 6.05. The molecule has 1 aromatic carbocycles. The maximum Gasteiger partial charge on any atom is 0.124 e. The van der Waals surface area contributed by atoms with Gasteiger partial charge >= 0.3 is 0 Å². The SMILES string of the molecule is CCN(CC)Cc1ccc(Br)cc1OC. The molecule has 0 N–H and O–H groups in total. The van der Waals surface area contributed by atoms with Crippen molar-refractivity contribution in [3.05, 3.63) is 28.2 Å². The van der Waals surface area contributed by atoms with Gasteiger partial charge in [-0.25, -0.2) is 0 Å². The highest BCUT2D eigenvalue weighted by atomic mass is 79.9. The van der Waals surface area contributed by atoms with E-state index in [0.29, 0.717) is 0 Å². The fraction of sp³-hybridized carbons (Fsp3) is 0.500. The smallest absolute Gasteiger partial charge is 0.124 e. The largest absolute Gasteiger partial charge is 0.496 e. The van der Waals surface area contributed by atoms with E-state index >= 15 is 0 Å². The summed E-state index contributed by atoms with van der Waals surface area (Å²) in [7, 11) is 1.72. The van der Waals surface area contributed by atoms with Crippen LogP contribution in [0.5, 0.6) is 5.75 Å². The second kappa shape index (κ2) is 6.13. The fourth-order valence-corrected chi connectivity index (χ4v) is 1.88. The predicted molar refractivity (Wildman–Crippen MR) is 67.3 cm³/mol. The highest BCUT2D eigenvalue weighted by molar-refractivity contribution is 9.10. The molecule has 3 heteroatoms. The van der Waals surface area contributed by atoms with Crippen LogP contribution < -0.4 is 4.74 Å². The number of nitrogens with zero attached hydrogens (tertiary/aromatic N) is 1. The normalized spacial score (nSPS) is 10.7. The average molecular weight is 272 g/mol. The molecule has 15 heavy (non-hydrogen) atoms. The number of benzene rings is 1. The van der Waals surface area contributed by atoms with Gasteiger partial charge in [0.1, 0.15) is 5.75 Å². The molecular formula is C12H18BrNO. The van der Waals surface area contributed by atoms with Crippen LogP contribution >= 0.6 is 15.9 Å². The van der Waals surface area contributed by atoms with E-state index in [0.717, 1.165) is 29.9 Å². The molecule has 0 aliphatic rings. The van der Waals surface area contributed by atoms with Gasteiger partial charge in [-0.15, -0.1) is 0 Å². The lowest BCUT2D eigenvalue weighted by Crippen LogP contribution is -2.22. The third-order valence-electron chi connectivity index (χ3n) is 2.54. The molecule has 0 bridgehead atoms. The molecule has 0 amide bonds. The first-order chi connectivity index (χ1) is 7.21. The minimum atomic E-state index is 0.948. The van der Waals surface area contributed by atoms with Gasteiger partial charge in [0.05, 0.1) is 7.11 Å². The summed E-state index contributed by atoms with van der Waals surface area (Å²) in [4.78, 5) is 2.37. The molecule has 0 saturated carbocycles. The van der Waals surface area contributed by atoms with Crippen molar-refractivity contribution in [3.8, 4) is 5.75 Å². The molecule has 0 unspecified atom stereocenters. The molecule has 1 aromatic rings. The van der Waals surface area contributed by atoms with Crippen LogP contribution in [0.2, 0.25) is 0 Å². The van der Waals surface area contributed by atoms with Gasteiger partial charge in [0.15, 0.2) is 0 Å². The quantitative estimate of drug-likeness (QED) is 0.815. The topological polar surface area (TPSA) is 12.5 Å². The van der Waals surface area contributed by atoms with E-state index in [4.69, 9.17) is 4.74 Å². The second-order valence-electron chi connectivity index (χ2n) is 3.42. The van der Waals surface area contributed by atoms with Crippen LogP contribution in [-0.4, -0.2) is 25.1 Å². The molecule has 0 fully saturated rings. The van der Waals surface area contributed by atoms with Gasteiger partial charge in [0, 0.05) is 16.6 Å². The Morgan fingerprint density at radius 2 is 1.93 bits per heavy atom. The first kappa shape index (κ1) is 12.5. The zero-order chi connectivity index (χ0) is 11.3. The zero-order valence-electron chi connectivity index (χ0n) is 9.59. The summed E-state index contributed by atoms with van der Waals surface area (Å²) in [6.07, 6.45) is 0. The van der Waals surface area contributed by atoms with Crippen molar-refractivity contribution in [1.82, 2.24) is 4.90 Å². The van der Waals surface area contributed by atoms with Crippen LogP contribution in [0.3, 0.4) is 0 Å². The molecular weight excluding hydrogens is 254 g/mol. The van der Waals surface area contributed by atoms with Gasteiger partial charge in [0.2, 0.25) is 0 Å². The number of halogens is 1. The Hall–Kier alpha value is -0.540. The van der Waals surface area contributed by atoms with Crippen molar-refractivity contribution < 1.29 is 4.74 Å². The minimum Gasteiger partial charge on any atom is -0.496 e. The number of ether oxygens (including phenoxy) is 1. The summed E-state index contributed by atoms with van der Waals surface area (Å²) in [6.45, 7) is 7.43. The molecule has 0 atom stereocenters. The van der Waals surface area contributed by atoms with E-state index in [-0.39, 0.29) is 0 Å². The maximum absolute atomic E-state index is 5.36. The molecule has 0 radical (unpaired) electrons. The van der Waals surface area contributed by atoms with E-state index < -0.39 is 0 Å². The number of methoxy groups -OCH3 is 1. The lowest BCUT2D eigenvalue weighted by Gasteiger charge is -2.19. The van der Waals surface area contributed by atoms with Crippen LogP contribution in [0.4, 0.5) is 0 Å². The van der Waals surface area contributed by atoms with Crippen LogP contribution in [0.1, 0.15) is 19.4 Å². The lowest BCUT2D eigenvalue weighted by molar-refractivity contribution is 0.289. The first-order valence-electron chi connectivity index (χ1n) is 5.26. The summed E-state index contributed by atoms with van der Waals surface area (Å²) in [5.74, 6) is 0.955.